The second-order valence-electron chi connectivity index (χ2n) is 5.37. The molecule has 0 fully saturated rings. The predicted molar refractivity (Wildman–Crippen MR) is 97.1 cm³/mol. The van der Waals surface area contributed by atoms with E-state index in [2.05, 4.69) is 36.8 Å². The van der Waals surface area contributed by atoms with Gasteiger partial charge in [0.05, 0.1) is 14.6 Å². The minimum Gasteiger partial charge on any atom is -0.485 e. The summed E-state index contributed by atoms with van der Waals surface area (Å²) < 4.78 is 9.09. The summed E-state index contributed by atoms with van der Waals surface area (Å²) in [4.78, 5) is 16.7. The molecular formula is C17H14Br2N2O2. The molecule has 2 aromatic heterocycles. The number of pyridine rings is 1. The fourth-order valence-electron chi connectivity index (χ4n) is 2.30. The molecule has 1 aromatic carbocycles. The minimum atomic E-state index is -0.112. The average molecular weight is 438 g/mol. The van der Waals surface area contributed by atoms with Crippen LogP contribution in [0.1, 0.15) is 16.8 Å². The maximum atomic E-state index is 12.2. The Morgan fingerprint density at radius 2 is 1.78 bits per heavy atom. The Hall–Kier alpha value is -1.66. The lowest BCUT2D eigenvalue weighted by Gasteiger charge is -2.11. The van der Waals surface area contributed by atoms with Crippen molar-refractivity contribution >= 4 is 37.5 Å². The molecule has 0 spiro atoms. The summed E-state index contributed by atoms with van der Waals surface area (Å²) >= 11 is 6.98. The molecule has 118 valence electrons. The molecule has 0 amide bonds. The van der Waals surface area contributed by atoms with Crippen molar-refractivity contribution in [3.8, 4) is 5.75 Å². The van der Waals surface area contributed by atoms with E-state index in [1.165, 1.54) is 10.5 Å². The van der Waals surface area contributed by atoms with Crippen molar-refractivity contribution in [2.45, 2.75) is 20.5 Å². The van der Waals surface area contributed by atoms with E-state index in [0.29, 0.717) is 17.1 Å². The lowest BCUT2D eigenvalue weighted by molar-refractivity contribution is 0.297. The van der Waals surface area contributed by atoms with Crippen LogP contribution in [0.3, 0.4) is 0 Å². The highest BCUT2D eigenvalue weighted by molar-refractivity contribution is 9.11. The molecule has 0 saturated carbocycles. The Morgan fingerprint density at radius 1 is 1.09 bits per heavy atom. The van der Waals surface area contributed by atoms with Gasteiger partial charge in [0.1, 0.15) is 18.0 Å². The van der Waals surface area contributed by atoms with Crippen LogP contribution in [0.5, 0.6) is 5.75 Å². The first-order valence-electron chi connectivity index (χ1n) is 7.01. The highest BCUT2D eigenvalue weighted by Crippen LogP contribution is 2.34. The second kappa shape index (κ2) is 6.45. The smallest absolute Gasteiger partial charge is 0.258 e. The first-order chi connectivity index (χ1) is 10.9. The molecule has 3 aromatic rings. The van der Waals surface area contributed by atoms with Crippen molar-refractivity contribution in [3.63, 3.8) is 0 Å². The zero-order valence-electron chi connectivity index (χ0n) is 12.6. The van der Waals surface area contributed by atoms with Gasteiger partial charge in [-0.25, -0.2) is 4.98 Å². The molecule has 6 heteroatoms. The van der Waals surface area contributed by atoms with Crippen LogP contribution in [0.15, 0.2) is 50.3 Å². The van der Waals surface area contributed by atoms with Crippen LogP contribution in [0, 0.1) is 13.8 Å². The van der Waals surface area contributed by atoms with Gasteiger partial charge in [-0.05, 0) is 75.0 Å². The highest BCUT2D eigenvalue weighted by atomic mass is 79.9. The highest BCUT2D eigenvalue weighted by Gasteiger charge is 2.09. The fourth-order valence-corrected chi connectivity index (χ4v) is 3.95. The molecule has 0 unspecified atom stereocenters. The number of benzene rings is 1. The van der Waals surface area contributed by atoms with Crippen molar-refractivity contribution < 1.29 is 4.74 Å². The third kappa shape index (κ3) is 3.48. The summed E-state index contributed by atoms with van der Waals surface area (Å²) in [5.74, 6) is 0.696. The minimum absolute atomic E-state index is 0.112. The molecule has 3 rings (SSSR count). The number of halogens is 2. The summed E-state index contributed by atoms with van der Waals surface area (Å²) in [6.45, 7) is 4.17. The molecule has 0 aliphatic rings. The van der Waals surface area contributed by atoms with Gasteiger partial charge in [0.2, 0.25) is 0 Å². The molecule has 2 heterocycles. The lowest BCUT2D eigenvalue weighted by Crippen LogP contribution is -2.16. The Bertz CT molecular complexity index is 928. The zero-order valence-corrected chi connectivity index (χ0v) is 15.8. The van der Waals surface area contributed by atoms with Crippen molar-refractivity contribution in [2.24, 2.45) is 0 Å². The van der Waals surface area contributed by atoms with Gasteiger partial charge in [0, 0.05) is 12.3 Å². The van der Waals surface area contributed by atoms with Crippen LogP contribution in [0.2, 0.25) is 0 Å². The van der Waals surface area contributed by atoms with Gasteiger partial charge in [-0.3, -0.25) is 9.20 Å². The standard InChI is InChI=1S/C17H14Br2N2O2/c1-10-3-4-15-20-12(7-16(22)21(15)8-10)9-23-17-13(18)5-11(2)6-14(17)19/h3-8H,9H2,1-2H3. The topological polar surface area (TPSA) is 43.6 Å². The van der Waals surface area contributed by atoms with Gasteiger partial charge >= 0.3 is 0 Å². The number of ether oxygens (including phenoxy) is 1. The van der Waals surface area contributed by atoms with E-state index < -0.39 is 0 Å². The lowest BCUT2D eigenvalue weighted by atomic mass is 10.2. The van der Waals surface area contributed by atoms with Gasteiger partial charge in [0.25, 0.3) is 5.56 Å². The van der Waals surface area contributed by atoms with E-state index in [-0.39, 0.29) is 12.2 Å². The van der Waals surface area contributed by atoms with Crippen molar-refractivity contribution in [1.29, 1.82) is 0 Å². The number of aryl methyl sites for hydroxylation is 2. The molecule has 0 aliphatic heterocycles. The van der Waals surface area contributed by atoms with E-state index in [0.717, 1.165) is 20.1 Å². The fraction of sp³-hybridized carbons (Fsp3) is 0.176. The summed E-state index contributed by atoms with van der Waals surface area (Å²) in [7, 11) is 0. The van der Waals surface area contributed by atoms with E-state index in [4.69, 9.17) is 4.74 Å². The Balaban J connectivity index is 1.91. The third-order valence-electron chi connectivity index (χ3n) is 3.37. The number of hydrogen-bond acceptors (Lipinski definition) is 3. The quantitative estimate of drug-likeness (QED) is 0.609. The van der Waals surface area contributed by atoms with Gasteiger partial charge in [-0.2, -0.15) is 0 Å². The number of rotatable bonds is 3. The molecule has 0 atom stereocenters. The van der Waals surface area contributed by atoms with E-state index in [1.807, 2.05) is 38.1 Å². The summed E-state index contributed by atoms with van der Waals surface area (Å²) in [5, 5.41) is 0. The van der Waals surface area contributed by atoms with Crippen LogP contribution >= 0.6 is 31.9 Å². The SMILES string of the molecule is Cc1cc(Br)c(OCc2cc(=O)n3cc(C)ccc3n2)c(Br)c1. The molecule has 0 aliphatic carbocycles. The van der Waals surface area contributed by atoms with Crippen LogP contribution < -0.4 is 10.3 Å². The summed E-state index contributed by atoms with van der Waals surface area (Å²) in [6.07, 6.45) is 1.78. The summed E-state index contributed by atoms with van der Waals surface area (Å²) in [5.41, 5.74) is 3.23. The number of aromatic nitrogens is 2. The maximum Gasteiger partial charge on any atom is 0.258 e. The third-order valence-corrected chi connectivity index (χ3v) is 4.55. The van der Waals surface area contributed by atoms with E-state index in [1.54, 1.807) is 6.20 Å². The van der Waals surface area contributed by atoms with Gasteiger partial charge in [0.15, 0.2) is 0 Å². The maximum absolute atomic E-state index is 12.2. The molecule has 0 bridgehead atoms. The predicted octanol–water partition coefficient (Wildman–Crippen LogP) is 4.42. The first kappa shape index (κ1) is 16.2. The van der Waals surface area contributed by atoms with Crippen molar-refractivity contribution in [3.05, 3.63) is 72.6 Å². The van der Waals surface area contributed by atoms with Gasteiger partial charge in [-0.1, -0.05) is 6.07 Å². The Kier molecular flexibility index (Phi) is 4.55. The van der Waals surface area contributed by atoms with Crippen LogP contribution in [-0.4, -0.2) is 9.38 Å². The molecular weight excluding hydrogens is 424 g/mol. The van der Waals surface area contributed by atoms with Crippen LogP contribution in [0.25, 0.3) is 5.65 Å². The molecule has 0 saturated heterocycles. The average Bonchev–Trinajstić information content (AvgIpc) is 2.47. The number of fused-ring (bicyclic) bond motifs is 1. The monoisotopic (exact) mass is 436 g/mol. The van der Waals surface area contributed by atoms with Gasteiger partial charge < -0.3 is 4.74 Å². The van der Waals surface area contributed by atoms with E-state index >= 15 is 0 Å². The van der Waals surface area contributed by atoms with Crippen molar-refractivity contribution in [2.75, 3.05) is 0 Å². The Morgan fingerprint density at radius 3 is 2.48 bits per heavy atom. The number of hydrogen-bond donors (Lipinski definition) is 0. The molecule has 23 heavy (non-hydrogen) atoms. The second-order valence-corrected chi connectivity index (χ2v) is 7.08. The summed E-state index contributed by atoms with van der Waals surface area (Å²) in [6, 6.07) is 9.22. The van der Waals surface area contributed by atoms with Gasteiger partial charge in [-0.15, -0.1) is 0 Å². The van der Waals surface area contributed by atoms with Crippen molar-refractivity contribution in [1.82, 2.24) is 9.38 Å². The van der Waals surface area contributed by atoms with E-state index in [9.17, 15) is 4.79 Å². The largest absolute Gasteiger partial charge is 0.485 e. The number of nitrogens with zero attached hydrogens (tertiary/aromatic N) is 2. The normalized spacial score (nSPS) is 11.0. The molecule has 4 nitrogen and oxygen atoms in total. The zero-order chi connectivity index (χ0) is 16.6. The molecule has 0 radical (unpaired) electrons. The molecule has 0 N–H and O–H groups in total. The Labute approximate surface area is 150 Å². The first-order valence-corrected chi connectivity index (χ1v) is 8.60. The van der Waals surface area contributed by atoms with Crippen LogP contribution in [0.4, 0.5) is 0 Å². The van der Waals surface area contributed by atoms with Crippen LogP contribution in [-0.2, 0) is 6.61 Å².